The van der Waals surface area contributed by atoms with Crippen LogP contribution < -0.4 is 15.8 Å². The van der Waals surface area contributed by atoms with Crippen LogP contribution in [0.1, 0.15) is 41.0 Å². The zero-order valence-electron chi connectivity index (χ0n) is 25.7. The van der Waals surface area contributed by atoms with Gasteiger partial charge in [-0.2, -0.15) is 0 Å². The Labute approximate surface area is 260 Å². The van der Waals surface area contributed by atoms with Gasteiger partial charge < -0.3 is 39.7 Å². The molecule has 2 aromatic carbocycles. The Morgan fingerprint density at radius 3 is 2.64 bits per heavy atom. The highest BCUT2D eigenvalue weighted by molar-refractivity contribution is 6.00. The van der Waals surface area contributed by atoms with Crippen molar-refractivity contribution in [2.45, 2.75) is 38.1 Å². The summed E-state index contributed by atoms with van der Waals surface area (Å²) < 4.78 is 18.7. The number of carbonyl (C=O) groups excluding carboxylic acids is 2. The first kappa shape index (κ1) is 30.1. The predicted molar refractivity (Wildman–Crippen MR) is 170 cm³/mol. The van der Waals surface area contributed by atoms with Crippen molar-refractivity contribution in [3.8, 4) is 17.3 Å². The van der Waals surface area contributed by atoms with Crippen LogP contribution in [0.3, 0.4) is 0 Å². The summed E-state index contributed by atoms with van der Waals surface area (Å²) in [6.07, 6.45) is -0.271. The second-order valence-electron chi connectivity index (χ2n) is 11.3. The third-order valence-corrected chi connectivity index (χ3v) is 8.26. The van der Waals surface area contributed by atoms with Gasteiger partial charge >= 0.3 is 6.09 Å². The van der Waals surface area contributed by atoms with Gasteiger partial charge in [0.25, 0.3) is 5.91 Å². The van der Waals surface area contributed by atoms with Gasteiger partial charge in [-0.05, 0) is 49.2 Å². The summed E-state index contributed by atoms with van der Waals surface area (Å²) in [5.74, 6) is 1.00. The maximum atomic E-state index is 13.8. The van der Waals surface area contributed by atoms with Gasteiger partial charge in [0, 0.05) is 44.2 Å². The molecule has 6 rings (SSSR count). The Morgan fingerprint density at radius 2 is 1.91 bits per heavy atom. The molecule has 3 atom stereocenters. The lowest BCUT2D eigenvalue weighted by molar-refractivity contribution is 0.0114. The van der Waals surface area contributed by atoms with E-state index < -0.39 is 12.1 Å². The van der Waals surface area contributed by atoms with Crippen LogP contribution >= 0.6 is 0 Å². The number of nitrogens with two attached hydrogens (primary N) is 1. The minimum absolute atomic E-state index is 0.147. The second kappa shape index (κ2) is 12.6. The lowest BCUT2D eigenvalue weighted by Crippen LogP contribution is -2.57. The van der Waals surface area contributed by atoms with E-state index in [1.54, 1.807) is 31.3 Å². The first-order valence-electron chi connectivity index (χ1n) is 14.8. The third-order valence-electron chi connectivity index (χ3n) is 8.26. The summed E-state index contributed by atoms with van der Waals surface area (Å²) in [5.41, 5.74) is 11.0. The smallest absolute Gasteiger partial charge is 0.407 e. The highest BCUT2D eigenvalue weighted by Crippen LogP contribution is 2.33. The molecule has 4 N–H and O–H groups in total. The number of nitrogens with zero attached hydrogens (tertiary/aromatic N) is 4. The molecule has 0 saturated carbocycles. The van der Waals surface area contributed by atoms with E-state index in [0.717, 1.165) is 33.5 Å². The van der Waals surface area contributed by atoms with Gasteiger partial charge in [0.15, 0.2) is 5.82 Å². The summed E-state index contributed by atoms with van der Waals surface area (Å²) >= 11 is 0. The number of likely N-dealkylation sites (tertiary alicyclic amines) is 1. The molecule has 3 aromatic heterocycles. The molecule has 1 aliphatic heterocycles. The van der Waals surface area contributed by atoms with Crippen molar-refractivity contribution in [1.29, 1.82) is 0 Å². The molecule has 45 heavy (non-hydrogen) atoms. The Kier molecular flexibility index (Phi) is 8.42. The Morgan fingerprint density at radius 1 is 1.11 bits per heavy atom. The number of aromatic nitrogens is 4. The highest BCUT2D eigenvalue weighted by Gasteiger charge is 2.34. The quantitative estimate of drug-likeness (QED) is 0.235. The number of hydrogen-bond acceptors (Lipinski definition) is 8. The number of fused-ring (bicyclic) bond motifs is 2. The molecule has 5 aromatic rings. The summed E-state index contributed by atoms with van der Waals surface area (Å²) in [4.78, 5) is 41.1. The summed E-state index contributed by atoms with van der Waals surface area (Å²) in [6.45, 7) is 2.77. The van der Waals surface area contributed by atoms with Gasteiger partial charge in [-0.1, -0.05) is 30.3 Å². The first-order valence-corrected chi connectivity index (χ1v) is 14.8. The molecular formula is C33H37N7O5. The number of hydrogen-bond donors (Lipinski definition) is 3. The number of ether oxygens (including phenoxy) is 3. The third kappa shape index (κ3) is 6.06. The molecule has 12 heteroatoms. The Balaban J connectivity index is 1.23. The highest BCUT2D eigenvalue weighted by atomic mass is 16.5. The summed E-state index contributed by atoms with van der Waals surface area (Å²) in [7, 11) is 5.08. The number of benzene rings is 2. The molecule has 0 unspecified atom stereocenters. The van der Waals surface area contributed by atoms with E-state index in [4.69, 9.17) is 24.9 Å². The Bertz CT molecular complexity index is 1850. The van der Waals surface area contributed by atoms with Crippen LogP contribution in [0.15, 0.2) is 60.7 Å². The van der Waals surface area contributed by atoms with Gasteiger partial charge in [0.2, 0.25) is 0 Å². The molecule has 4 heterocycles. The minimum Gasteiger partial charge on any atom is -0.494 e. The molecule has 1 fully saturated rings. The number of aryl methyl sites for hydroxylation is 1. The molecular weight excluding hydrogens is 574 g/mol. The van der Waals surface area contributed by atoms with E-state index in [1.807, 2.05) is 67.1 Å². The number of pyridine rings is 1. The number of aromatic amines is 1. The molecule has 0 bridgehead atoms. The molecule has 2 amide bonds. The van der Waals surface area contributed by atoms with Gasteiger partial charge in [-0.25, -0.2) is 14.8 Å². The number of nitrogens with one attached hydrogen (secondary N) is 2. The van der Waals surface area contributed by atoms with E-state index in [2.05, 4.69) is 15.3 Å². The van der Waals surface area contributed by atoms with Crippen LogP contribution in [0.4, 0.5) is 4.79 Å². The molecule has 1 saturated heterocycles. The van der Waals surface area contributed by atoms with Gasteiger partial charge in [0.1, 0.15) is 23.5 Å². The number of methoxy groups -OCH3 is 2. The van der Waals surface area contributed by atoms with Gasteiger partial charge in [-0.15, -0.1) is 0 Å². The van der Waals surface area contributed by atoms with E-state index in [0.29, 0.717) is 35.6 Å². The average molecular weight is 612 g/mol. The normalized spacial score (nSPS) is 17.4. The monoisotopic (exact) mass is 611 g/mol. The number of H-pyrrole nitrogens is 1. The SMILES string of the molecule is COc1cc(C(=O)N2CC[C@@H](OC)[C@@H](NC(=O)OCc3ccccc3)C2)cc2nc(-c3cc4ccc([C@@H](C)N)nc4[nH]3)n(C)c12. The topological polar surface area (TPSA) is 150 Å². The molecule has 0 radical (unpaired) electrons. The fraction of sp³-hybridized carbons (Fsp3) is 0.333. The van der Waals surface area contributed by atoms with Crippen LogP contribution in [-0.4, -0.2) is 75.9 Å². The van der Waals surface area contributed by atoms with Crippen LogP contribution in [0.5, 0.6) is 5.75 Å². The number of alkyl carbamates (subject to hydrolysis) is 1. The van der Waals surface area contributed by atoms with Gasteiger partial charge in [0.05, 0.1) is 36.2 Å². The van der Waals surface area contributed by atoms with Crippen molar-refractivity contribution in [3.63, 3.8) is 0 Å². The van der Waals surface area contributed by atoms with E-state index >= 15 is 0 Å². The predicted octanol–water partition coefficient (Wildman–Crippen LogP) is 4.30. The first-order chi connectivity index (χ1) is 21.7. The maximum Gasteiger partial charge on any atom is 0.407 e. The van der Waals surface area contributed by atoms with E-state index in [-0.39, 0.29) is 31.2 Å². The van der Waals surface area contributed by atoms with Crippen LogP contribution in [0.2, 0.25) is 0 Å². The van der Waals surface area contributed by atoms with Crippen LogP contribution in [-0.2, 0) is 23.1 Å². The molecule has 0 aliphatic carbocycles. The fourth-order valence-electron chi connectivity index (χ4n) is 5.86. The van der Waals surface area contributed by atoms with Gasteiger partial charge in [-0.3, -0.25) is 4.79 Å². The number of amides is 2. The summed E-state index contributed by atoms with van der Waals surface area (Å²) in [5, 5.41) is 3.83. The van der Waals surface area contributed by atoms with Crippen molar-refractivity contribution in [3.05, 3.63) is 77.5 Å². The van der Waals surface area contributed by atoms with Crippen molar-refractivity contribution in [2.75, 3.05) is 27.3 Å². The number of piperidine rings is 1. The fourth-order valence-corrected chi connectivity index (χ4v) is 5.86. The average Bonchev–Trinajstić information content (AvgIpc) is 3.63. The van der Waals surface area contributed by atoms with Crippen LogP contribution in [0.25, 0.3) is 33.6 Å². The molecule has 1 aliphatic rings. The zero-order chi connectivity index (χ0) is 31.7. The maximum absolute atomic E-state index is 13.8. The standard InChI is InChI=1S/C33H37N7O5/c1-19(34)23-11-10-21-14-25(36-30(21)35-23)31-37-24-15-22(16-28(44-4)29(24)39(31)2)32(41)40-13-12-27(43-3)26(17-40)38-33(42)45-18-20-8-6-5-7-9-20/h5-11,14-16,19,26-27H,12-13,17-18,34H2,1-4H3,(H,35,36)(H,38,42)/t19-,26+,27-/m1/s1. The van der Waals surface area contributed by atoms with Crippen molar-refractivity contribution < 1.29 is 23.8 Å². The Hall–Kier alpha value is -4.94. The lowest BCUT2D eigenvalue weighted by atomic mass is 10.0. The van der Waals surface area contributed by atoms with E-state index in [1.165, 1.54) is 0 Å². The summed E-state index contributed by atoms with van der Waals surface area (Å²) in [6, 6.07) is 18.2. The number of rotatable bonds is 8. The number of imidazole rings is 1. The molecule has 0 spiro atoms. The van der Waals surface area contributed by atoms with Crippen molar-refractivity contribution >= 4 is 34.1 Å². The van der Waals surface area contributed by atoms with Crippen LogP contribution in [0, 0.1) is 0 Å². The van der Waals surface area contributed by atoms with Crippen molar-refractivity contribution in [1.82, 2.24) is 29.7 Å². The van der Waals surface area contributed by atoms with Crippen molar-refractivity contribution in [2.24, 2.45) is 12.8 Å². The molecule has 12 nitrogen and oxygen atoms in total. The van der Waals surface area contributed by atoms with E-state index in [9.17, 15) is 9.59 Å². The lowest BCUT2D eigenvalue weighted by Gasteiger charge is -2.38. The number of carbonyl (C=O) groups is 2. The largest absolute Gasteiger partial charge is 0.494 e. The zero-order valence-corrected chi connectivity index (χ0v) is 25.7. The second-order valence-corrected chi connectivity index (χ2v) is 11.3. The molecule has 234 valence electrons. The minimum atomic E-state index is -0.565.